The molecule has 2 fully saturated rings. The van der Waals surface area contributed by atoms with Crippen molar-refractivity contribution in [2.24, 2.45) is 0 Å². The third-order valence-electron chi connectivity index (χ3n) is 6.33. The van der Waals surface area contributed by atoms with Crippen molar-refractivity contribution in [2.75, 3.05) is 26.2 Å². The Bertz CT molecular complexity index is 1020. The van der Waals surface area contributed by atoms with Crippen LogP contribution in [0, 0.1) is 0 Å². The van der Waals surface area contributed by atoms with Crippen LogP contribution < -0.4 is 0 Å². The molecule has 8 nitrogen and oxygen atoms in total. The van der Waals surface area contributed by atoms with Crippen LogP contribution >= 0.6 is 11.6 Å². The Balaban J connectivity index is 1.42. The molecule has 2 aromatic heterocycles. The first-order valence-corrected chi connectivity index (χ1v) is 11.2. The van der Waals surface area contributed by atoms with E-state index in [2.05, 4.69) is 20.4 Å². The molecule has 0 bridgehead atoms. The van der Waals surface area contributed by atoms with Crippen molar-refractivity contribution in [2.45, 2.75) is 37.8 Å². The van der Waals surface area contributed by atoms with Crippen LogP contribution in [0.3, 0.4) is 0 Å². The van der Waals surface area contributed by atoms with E-state index in [1.165, 1.54) is 19.1 Å². The molecule has 31 heavy (non-hydrogen) atoms. The summed E-state index contributed by atoms with van der Waals surface area (Å²) in [5, 5.41) is 13.5. The normalized spacial score (nSPS) is 19.1. The molecule has 1 atom stereocenters. The number of tetrazole rings is 1. The molecule has 3 heterocycles. The van der Waals surface area contributed by atoms with Gasteiger partial charge in [0.2, 0.25) is 0 Å². The monoisotopic (exact) mass is 440 g/mol. The lowest BCUT2D eigenvalue weighted by molar-refractivity contribution is 0.0558. The summed E-state index contributed by atoms with van der Waals surface area (Å²) < 4.78 is 7.29. The van der Waals surface area contributed by atoms with Crippen molar-refractivity contribution in [1.29, 1.82) is 0 Å². The van der Waals surface area contributed by atoms with E-state index in [1.54, 1.807) is 12.1 Å². The van der Waals surface area contributed by atoms with E-state index in [1.807, 2.05) is 33.8 Å². The van der Waals surface area contributed by atoms with E-state index in [0.717, 1.165) is 24.2 Å². The molecule has 0 unspecified atom stereocenters. The first-order valence-electron chi connectivity index (χ1n) is 10.8. The first kappa shape index (κ1) is 20.2. The fourth-order valence-electron chi connectivity index (χ4n) is 4.72. The zero-order chi connectivity index (χ0) is 21.2. The number of amides is 1. The molecule has 1 aromatic carbocycles. The fraction of sp³-hybridized carbons (Fsp3) is 0.455. The number of aromatic nitrogens is 4. The predicted molar refractivity (Wildman–Crippen MR) is 115 cm³/mol. The van der Waals surface area contributed by atoms with Crippen molar-refractivity contribution < 1.29 is 9.21 Å². The molecule has 1 aliphatic carbocycles. The van der Waals surface area contributed by atoms with Gasteiger partial charge in [-0.3, -0.25) is 9.69 Å². The van der Waals surface area contributed by atoms with Crippen molar-refractivity contribution in [3.05, 3.63) is 64.8 Å². The number of carbonyl (C=O) groups excluding carboxylic acids is 1. The number of piperazine rings is 1. The van der Waals surface area contributed by atoms with Crippen LogP contribution in [0.15, 0.2) is 47.1 Å². The van der Waals surface area contributed by atoms with Crippen LogP contribution in [0.25, 0.3) is 0 Å². The molecule has 3 aromatic rings. The van der Waals surface area contributed by atoms with E-state index < -0.39 is 0 Å². The maximum absolute atomic E-state index is 12.7. The molecule has 0 N–H and O–H groups in total. The number of furan rings is 1. The highest BCUT2D eigenvalue weighted by Crippen LogP contribution is 2.36. The molecular formula is C22H25ClN6O2. The third kappa shape index (κ3) is 3.97. The van der Waals surface area contributed by atoms with Crippen LogP contribution in [-0.2, 0) is 0 Å². The standard InChI is InChI=1S/C22H25ClN6O2/c23-18-9-4-3-8-17(18)20(21-24-25-26-29(21)16-6-1-2-7-16)27-11-13-28(14-12-27)22(30)19-10-5-15-31-19/h3-5,8-10,15-16,20H,1-2,6-7,11-14H2/t20-/m1/s1. The van der Waals surface area contributed by atoms with Crippen LogP contribution in [-0.4, -0.2) is 62.1 Å². The molecule has 1 aliphatic heterocycles. The van der Waals surface area contributed by atoms with Gasteiger partial charge in [-0.15, -0.1) is 5.10 Å². The second-order valence-electron chi connectivity index (χ2n) is 8.15. The molecule has 1 amide bonds. The van der Waals surface area contributed by atoms with E-state index >= 15 is 0 Å². The van der Waals surface area contributed by atoms with Crippen molar-refractivity contribution >= 4 is 17.5 Å². The van der Waals surface area contributed by atoms with Crippen LogP contribution in [0.1, 0.15) is 59.7 Å². The molecule has 162 valence electrons. The number of nitrogens with zero attached hydrogens (tertiary/aromatic N) is 6. The van der Waals surface area contributed by atoms with E-state index in [9.17, 15) is 4.79 Å². The second kappa shape index (κ2) is 8.80. The SMILES string of the molecule is O=C(c1ccco1)N1CCN([C@H](c2ccccc2Cl)c2nnnn2C2CCCC2)CC1. The minimum atomic E-state index is -0.162. The third-order valence-corrected chi connectivity index (χ3v) is 6.68. The average molecular weight is 441 g/mol. The second-order valence-corrected chi connectivity index (χ2v) is 8.56. The van der Waals surface area contributed by atoms with Gasteiger partial charge in [-0.1, -0.05) is 42.6 Å². The number of halogens is 1. The molecule has 2 aliphatic rings. The molecular weight excluding hydrogens is 416 g/mol. The average Bonchev–Trinajstić information content (AvgIpc) is 3.57. The Hall–Kier alpha value is -2.71. The van der Waals surface area contributed by atoms with Crippen molar-refractivity contribution in [3.8, 4) is 0 Å². The van der Waals surface area contributed by atoms with Crippen molar-refractivity contribution in [1.82, 2.24) is 30.0 Å². The summed E-state index contributed by atoms with van der Waals surface area (Å²) in [5.74, 6) is 1.13. The minimum absolute atomic E-state index is 0.0743. The lowest BCUT2D eigenvalue weighted by Gasteiger charge is -2.39. The zero-order valence-electron chi connectivity index (χ0n) is 17.2. The highest BCUT2D eigenvalue weighted by atomic mass is 35.5. The molecule has 5 rings (SSSR count). The van der Waals surface area contributed by atoms with E-state index in [0.29, 0.717) is 43.0 Å². The van der Waals surface area contributed by atoms with E-state index in [-0.39, 0.29) is 11.9 Å². The highest BCUT2D eigenvalue weighted by molar-refractivity contribution is 6.31. The van der Waals surface area contributed by atoms with Crippen LogP contribution in [0.5, 0.6) is 0 Å². The Morgan fingerprint density at radius 3 is 2.55 bits per heavy atom. The van der Waals surface area contributed by atoms with Gasteiger partial charge in [-0.25, -0.2) is 4.68 Å². The zero-order valence-corrected chi connectivity index (χ0v) is 18.0. The van der Waals surface area contributed by atoms with Gasteiger partial charge in [-0.2, -0.15) is 0 Å². The van der Waals surface area contributed by atoms with Gasteiger partial charge >= 0.3 is 0 Å². The lowest BCUT2D eigenvalue weighted by Crippen LogP contribution is -2.50. The van der Waals surface area contributed by atoms with Gasteiger partial charge in [0.15, 0.2) is 11.6 Å². The highest BCUT2D eigenvalue weighted by Gasteiger charge is 2.35. The molecule has 9 heteroatoms. The summed E-state index contributed by atoms with van der Waals surface area (Å²) in [7, 11) is 0. The van der Waals surface area contributed by atoms with Gasteiger partial charge in [0.05, 0.1) is 18.3 Å². The number of benzene rings is 1. The largest absolute Gasteiger partial charge is 0.459 e. The Kier molecular flexibility index (Phi) is 5.74. The Labute approximate surface area is 185 Å². The van der Waals surface area contributed by atoms with Crippen LogP contribution in [0.2, 0.25) is 5.02 Å². The van der Waals surface area contributed by atoms with Gasteiger partial charge in [0.25, 0.3) is 5.91 Å². The van der Waals surface area contributed by atoms with Gasteiger partial charge in [-0.05, 0) is 47.0 Å². The van der Waals surface area contributed by atoms with Gasteiger partial charge in [0, 0.05) is 31.2 Å². The number of hydrogen-bond acceptors (Lipinski definition) is 6. The van der Waals surface area contributed by atoms with E-state index in [4.69, 9.17) is 16.0 Å². The minimum Gasteiger partial charge on any atom is -0.459 e. The van der Waals surface area contributed by atoms with Crippen molar-refractivity contribution in [3.63, 3.8) is 0 Å². The smallest absolute Gasteiger partial charge is 0.289 e. The summed E-state index contributed by atoms with van der Waals surface area (Å²) in [6.45, 7) is 2.59. The Morgan fingerprint density at radius 2 is 1.84 bits per heavy atom. The summed E-state index contributed by atoms with van der Waals surface area (Å²) in [6.07, 6.45) is 6.12. The molecule has 0 radical (unpaired) electrons. The summed E-state index contributed by atoms with van der Waals surface area (Å²) >= 11 is 6.63. The summed E-state index contributed by atoms with van der Waals surface area (Å²) in [6, 6.07) is 11.5. The maximum Gasteiger partial charge on any atom is 0.289 e. The molecule has 1 saturated heterocycles. The predicted octanol–water partition coefficient (Wildman–Crippen LogP) is 3.58. The number of hydrogen-bond donors (Lipinski definition) is 0. The summed E-state index contributed by atoms with van der Waals surface area (Å²) in [4.78, 5) is 16.8. The Morgan fingerprint density at radius 1 is 1.06 bits per heavy atom. The first-order chi connectivity index (χ1) is 15.2. The molecule has 0 spiro atoms. The topological polar surface area (TPSA) is 80.3 Å². The van der Waals surface area contributed by atoms with Crippen LogP contribution in [0.4, 0.5) is 0 Å². The fourth-order valence-corrected chi connectivity index (χ4v) is 4.96. The number of carbonyl (C=O) groups is 1. The van der Waals surface area contributed by atoms with Gasteiger partial charge in [0.1, 0.15) is 0 Å². The maximum atomic E-state index is 12.7. The lowest BCUT2D eigenvalue weighted by atomic mass is 10.0. The van der Waals surface area contributed by atoms with Gasteiger partial charge < -0.3 is 9.32 Å². The quantitative estimate of drug-likeness (QED) is 0.603. The summed E-state index contributed by atoms with van der Waals surface area (Å²) in [5.41, 5.74) is 0.990. The number of rotatable bonds is 5. The molecule has 1 saturated carbocycles.